The first kappa shape index (κ1) is 11.8. The molecule has 0 atom stereocenters. The van der Waals surface area contributed by atoms with Gasteiger partial charge >= 0.3 is 0 Å². The molecule has 0 amide bonds. The van der Waals surface area contributed by atoms with Crippen LogP contribution in [0, 0.1) is 0 Å². The summed E-state index contributed by atoms with van der Waals surface area (Å²) >= 11 is 0. The van der Waals surface area contributed by atoms with Crippen molar-refractivity contribution in [1.82, 2.24) is 0 Å². The highest BCUT2D eigenvalue weighted by molar-refractivity contribution is 5.97. The number of benzene rings is 2. The molecule has 0 radical (unpaired) electrons. The normalized spacial score (nSPS) is 15.2. The molecule has 0 spiro atoms. The smallest absolute Gasteiger partial charge is 0.151 e. The molecule has 3 rings (SSSR count). The molecular weight excluding hydrogens is 234 g/mol. The number of amidine groups is 1. The number of hydrazone groups is 1. The van der Waals surface area contributed by atoms with Crippen LogP contribution in [0.2, 0.25) is 0 Å². The molecule has 1 aliphatic heterocycles. The Balaban J connectivity index is 1.92. The van der Waals surface area contributed by atoms with E-state index in [1.54, 1.807) is 0 Å². The first-order valence-electron chi connectivity index (χ1n) is 6.59. The maximum Gasteiger partial charge on any atom is 0.151 e. The highest BCUT2D eigenvalue weighted by Gasteiger charge is 2.15. The number of para-hydroxylation sites is 1. The second kappa shape index (κ2) is 5.14. The number of nitrogens with zero attached hydrogens (tertiary/aromatic N) is 2. The number of nitrogens with two attached hydrogens (primary N) is 1. The van der Waals surface area contributed by atoms with Gasteiger partial charge in [-0.05, 0) is 24.5 Å². The minimum atomic E-state index is 0.567. The van der Waals surface area contributed by atoms with E-state index in [0.717, 1.165) is 24.9 Å². The number of hydrogen-bond donors (Lipinski definition) is 1. The van der Waals surface area contributed by atoms with Crippen LogP contribution < -0.4 is 10.7 Å². The first-order chi connectivity index (χ1) is 9.34. The fraction of sp³-hybridized carbons (Fsp3) is 0.188. The average Bonchev–Trinajstić information content (AvgIpc) is 2.48. The van der Waals surface area contributed by atoms with E-state index >= 15 is 0 Å². The minimum absolute atomic E-state index is 0.567. The zero-order valence-electron chi connectivity index (χ0n) is 10.8. The lowest BCUT2D eigenvalue weighted by molar-refractivity contribution is 0.715. The fourth-order valence-corrected chi connectivity index (χ4v) is 2.41. The highest BCUT2D eigenvalue weighted by Crippen LogP contribution is 2.26. The van der Waals surface area contributed by atoms with Crippen LogP contribution in [0.25, 0.3) is 0 Å². The molecule has 0 fully saturated rings. The van der Waals surface area contributed by atoms with E-state index < -0.39 is 0 Å². The van der Waals surface area contributed by atoms with Gasteiger partial charge in [0.05, 0.1) is 5.69 Å². The Kier molecular flexibility index (Phi) is 3.19. The van der Waals surface area contributed by atoms with Gasteiger partial charge in [-0.2, -0.15) is 5.10 Å². The van der Waals surface area contributed by atoms with E-state index in [1.165, 1.54) is 11.3 Å². The van der Waals surface area contributed by atoms with Crippen LogP contribution in [0.3, 0.4) is 0 Å². The van der Waals surface area contributed by atoms with E-state index in [4.69, 9.17) is 5.73 Å². The molecule has 1 heterocycles. The summed E-state index contributed by atoms with van der Waals surface area (Å²) in [5.74, 6) is 0.567. The Morgan fingerprint density at radius 3 is 2.58 bits per heavy atom. The Labute approximate surface area is 113 Å². The van der Waals surface area contributed by atoms with Gasteiger partial charge in [0.2, 0.25) is 0 Å². The van der Waals surface area contributed by atoms with Crippen molar-refractivity contribution in [3.63, 3.8) is 0 Å². The topological polar surface area (TPSA) is 41.6 Å². The molecule has 0 unspecified atom stereocenters. The molecule has 0 saturated carbocycles. The van der Waals surface area contributed by atoms with Crippen molar-refractivity contribution in [2.45, 2.75) is 12.8 Å². The summed E-state index contributed by atoms with van der Waals surface area (Å²) in [6.07, 6.45) is 2.23. The molecule has 2 aromatic rings. The number of hydrogen-bond acceptors (Lipinski definition) is 2. The molecule has 0 saturated heterocycles. The van der Waals surface area contributed by atoms with Crippen LogP contribution in [0.4, 0.5) is 5.69 Å². The maximum atomic E-state index is 6.09. The predicted octanol–water partition coefficient (Wildman–Crippen LogP) is 2.76. The molecule has 3 nitrogen and oxygen atoms in total. The number of anilines is 1. The number of rotatable bonds is 2. The van der Waals surface area contributed by atoms with Gasteiger partial charge in [0.1, 0.15) is 0 Å². The Morgan fingerprint density at radius 2 is 1.74 bits per heavy atom. The van der Waals surface area contributed by atoms with Crippen molar-refractivity contribution in [2.75, 3.05) is 11.6 Å². The standard InChI is InChI=1S/C16H17N3/c17-16(14-8-2-1-3-9-14)18-19-12-6-10-13-7-4-5-11-15(13)19/h1-5,7-9,11H,6,10,12H2,(H2,17,18). The van der Waals surface area contributed by atoms with Crippen LogP contribution >= 0.6 is 0 Å². The van der Waals surface area contributed by atoms with Crippen molar-refractivity contribution in [3.05, 3.63) is 65.7 Å². The summed E-state index contributed by atoms with van der Waals surface area (Å²) in [6.45, 7) is 0.921. The maximum absolute atomic E-state index is 6.09. The van der Waals surface area contributed by atoms with E-state index in [1.807, 2.05) is 41.4 Å². The highest BCUT2D eigenvalue weighted by atomic mass is 15.5. The van der Waals surface area contributed by atoms with Gasteiger partial charge < -0.3 is 5.73 Å². The summed E-state index contributed by atoms with van der Waals surface area (Å²) < 4.78 is 0. The summed E-state index contributed by atoms with van der Waals surface area (Å²) in [5, 5.41) is 6.59. The van der Waals surface area contributed by atoms with Gasteiger partial charge in [-0.25, -0.2) is 0 Å². The molecule has 2 N–H and O–H groups in total. The van der Waals surface area contributed by atoms with Crippen molar-refractivity contribution >= 4 is 11.5 Å². The largest absolute Gasteiger partial charge is 0.382 e. The first-order valence-corrected chi connectivity index (χ1v) is 6.59. The summed E-state index contributed by atoms with van der Waals surface area (Å²) in [7, 11) is 0. The second-order valence-electron chi connectivity index (χ2n) is 4.71. The zero-order chi connectivity index (χ0) is 13.1. The van der Waals surface area contributed by atoms with E-state index in [2.05, 4.69) is 23.3 Å². The van der Waals surface area contributed by atoms with Crippen molar-refractivity contribution in [3.8, 4) is 0 Å². The molecule has 1 aliphatic rings. The van der Waals surface area contributed by atoms with E-state index in [-0.39, 0.29) is 0 Å². The SMILES string of the molecule is NC(=NN1CCCc2ccccc21)c1ccccc1. The summed E-state index contributed by atoms with van der Waals surface area (Å²) in [6, 6.07) is 18.3. The van der Waals surface area contributed by atoms with Crippen LogP contribution in [0.15, 0.2) is 59.7 Å². The molecule has 0 bridgehead atoms. The average molecular weight is 251 g/mol. The molecular formula is C16H17N3. The van der Waals surface area contributed by atoms with Gasteiger partial charge in [-0.3, -0.25) is 5.01 Å². The fourth-order valence-electron chi connectivity index (χ4n) is 2.41. The number of aryl methyl sites for hydroxylation is 1. The van der Waals surface area contributed by atoms with Crippen LogP contribution in [-0.4, -0.2) is 12.4 Å². The third-order valence-corrected chi connectivity index (χ3v) is 3.38. The molecule has 0 aromatic heterocycles. The quantitative estimate of drug-likeness (QED) is 0.658. The predicted molar refractivity (Wildman–Crippen MR) is 79.3 cm³/mol. The summed E-state index contributed by atoms with van der Waals surface area (Å²) in [5.41, 5.74) is 9.57. The van der Waals surface area contributed by atoms with Crippen LogP contribution in [-0.2, 0) is 6.42 Å². The third-order valence-electron chi connectivity index (χ3n) is 3.38. The Hall–Kier alpha value is -2.29. The number of fused-ring (bicyclic) bond motifs is 1. The van der Waals surface area contributed by atoms with Crippen molar-refractivity contribution in [1.29, 1.82) is 0 Å². The minimum Gasteiger partial charge on any atom is -0.382 e. The molecule has 19 heavy (non-hydrogen) atoms. The van der Waals surface area contributed by atoms with E-state index in [9.17, 15) is 0 Å². The van der Waals surface area contributed by atoms with Gasteiger partial charge in [0.15, 0.2) is 5.84 Å². The van der Waals surface area contributed by atoms with Crippen molar-refractivity contribution < 1.29 is 0 Å². The molecule has 0 aliphatic carbocycles. The molecule has 3 heteroatoms. The third kappa shape index (κ3) is 2.45. The lowest BCUT2D eigenvalue weighted by Gasteiger charge is -2.27. The Bertz CT molecular complexity index is 590. The summed E-state index contributed by atoms with van der Waals surface area (Å²) in [4.78, 5) is 0. The van der Waals surface area contributed by atoms with Gasteiger partial charge in [0.25, 0.3) is 0 Å². The van der Waals surface area contributed by atoms with Crippen molar-refractivity contribution in [2.24, 2.45) is 10.8 Å². The lowest BCUT2D eigenvalue weighted by Crippen LogP contribution is -2.28. The second-order valence-corrected chi connectivity index (χ2v) is 4.71. The van der Waals surface area contributed by atoms with Crippen LogP contribution in [0.1, 0.15) is 17.5 Å². The van der Waals surface area contributed by atoms with Crippen LogP contribution in [0.5, 0.6) is 0 Å². The molecule has 2 aromatic carbocycles. The Morgan fingerprint density at radius 1 is 1.00 bits per heavy atom. The monoisotopic (exact) mass is 251 g/mol. The molecule has 96 valence electrons. The zero-order valence-corrected chi connectivity index (χ0v) is 10.8. The van der Waals surface area contributed by atoms with E-state index in [0.29, 0.717) is 5.84 Å². The van der Waals surface area contributed by atoms with Gasteiger partial charge in [-0.1, -0.05) is 48.5 Å². The van der Waals surface area contributed by atoms with Gasteiger partial charge in [0, 0.05) is 12.1 Å². The van der Waals surface area contributed by atoms with Gasteiger partial charge in [-0.15, -0.1) is 0 Å². The lowest BCUT2D eigenvalue weighted by atomic mass is 10.0.